The van der Waals surface area contributed by atoms with Crippen LogP contribution in [0.25, 0.3) is 0 Å². The minimum atomic E-state index is -3.60. The van der Waals surface area contributed by atoms with Crippen LogP contribution >= 0.6 is 15.9 Å². The van der Waals surface area contributed by atoms with E-state index in [4.69, 9.17) is 0 Å². The molecule has 0 saturated carbocycles. The molecule has 0 aromatic heterocycles. The zero-order valence-corrected chi connectivity index (χ0v) is 16.8. The number of rotatable bonds is 3. The molecular formula is C19H21BrN2O3S. The molecule has 2 aliphatic rings. The van der Waals surface area contributed by atoms with Crippen LogP contribution in [-0.4, -0.2) is 37.0 Å². The predicted octanol–water partition coefficient (Wildman–Crippen LogP) is 3.30. The summed E-state index contributed by atoms with van der Waals surface area (Å²) in [6, 6.07) is 12.4. The van der Waals surface area contributed by atoms with Gasteiger partial charge in [-0.15, -0.1) is 0 Å². The Kier molecular flexibility index (Phi) is 4.59. The van der Waals surface area contributed by atoms with Crippen molar-refractivity contribution >= 4 is 31.6 Å². The fraction of sp³-hybridized carbons (Fsp3) is 0.368. The maximum absolute atomic E-state index is 13.3. The van der Waals surface area contributed by atoms with Crippen molar-refractivity contribution in [2.75, 3.05) is 18.5 Å². The minimum Gasteiger partial charge on any atom is -0.394 e. The van der Waals surface area contributed by atoms with Crippen LogP contribution in [0, 0.1) is 12.8 Å². The first-order valence-corrected chi connectivity index (χ1v) is 10.9. The number of nitrogens with zero attached hydrogens (tertiary/aromatic N) is 1. The normalized spacial score (nSPS) is 25.4. The first kappa shape index (κ1) is 18.0. The molecule has 2 aromatic carbocycles. The molecule has 2 aliphatic heterocycles. The Balaban J connectivity index is 1.81. The summed E-state index contributed by atoms with van der Waals surface area (Å²) in [6.07, 6.45) is 0.722. The molecule has 2 N–H and O–H groups in total. The molecule has 138 valence electrons. The molecule has 7 heteroatoms. The third-order valence-corrected chi connectivity index (χ3v) is 7.80. The quantitative estimate of drug-likeness (QED) is 0.774. The van der Waals surface area contributed by atoms with Gasteiger partial charge in [-0.1, -0.05) is 33.6 Å². The van der Waals surface area contributed by atoms with Crippen LogP contribution in [-0.2, 0) is 10.0 Å². The molecule has 0 unspecified atom stereocenters. The predicted molar refractivity (Wildman–Crippen MR) is 105 cm³/mol. The highest BCUT2D eigenvalue weighted by atomic mass is 79.9. The summed E-state index contributed by atoms with van der Waals surface area (Å²) < 4.78 is 29.2. The summed E-state index contributed by atoms with van der Waals surface area (Å²) in [5.74, 6) is 0.0435. The lowest BCUT2D eigenvalue weighted by atomic mass is 9.84. The van der Waals surface area contributed by atoms with E-state index < -0.39 is 10.0 Å². The van der Waals surface area contributed by atoms with Crippen LogP contribution in [0.4, 0.5) is 5.69 Å². The van der Waals surface area contributed by atoms with Gasteiger partial charge in [0.25, 0.3) is 0 Å². The van der Waals surface area contributed by atoms with Crippen LogP contribution in [0.15, 0.2) is 51.8 Å². The van der Waals surface area contributed by atoms with Gasteiger partial charge in [0.15, 0.2) is 0 Å². The van der Waals surface area contributed by atoms with Crippen molar-refractivity contribution in [3.8, 4) is 0 Å². The van der Waals surface area contributed by atoms with E-state index in [1.807, 2.05) is 37.3 Å². The molecule has 0 bridgehead atoms. The number of hydrogen-bond acceptors (Lipinski definition) is 4. The number of aliphatic hydroxyl groups is 1. The first-order chi connectivity index (χ1) is 12.4. The van der Waals surface area contributed by atoms with E-state index in [0.29, 0.717) is 11.4 Å². The van der Waals surface area contributed by atoms with Crippen LogP contribution < -0.4 is 5.32 Å². The summed E-state index contributed by atoms with van der Waals surface area (Å²) in [7, 11) is -3.60. The van der Waals surface area contributed by atoms with Gasteiger partial charge in [-0.25, -0.2) is 8.42 Å². The average molecular weight is 437 g/mol. The molecule has 26 heavy (non-hydrogen) atoms. The highest BCUT2D eigenvalue weighted by Crippen LogP contribution is 2.48. The van der Waals surface area contributed by atoms with Crippen molar-refractivity contribution < 1.29 is 13.5 Å². The standard InChI is InChI=1S/C19H21BrN2O3S/c1-12-2-5-14(6-3-12)26(24,25)22-9-8-15-18(11-23)21-17-7-4-13(20)10-16(17)19(15)22/h2-7,10,15,18-19,21,23H,8-9,11H2,1H3/t15-,18-,19-/m1/s1. The highest BCUT2D eigenvalue weighted by molar-refractivity contribution is 9.10. The number of benzene rings is 2. The molecule has 1 saturated heterocycles. The number of aliphatic hydroxyl groups excluding tert-OH is 1. The number of halogens is 1. The van der Waals surface area contributed by atoms with E-state index in [1.165, 1.54) is 0 Å². The lowest BCUT2D eigenvalue weighted by Gasteiger charge is -2.38. The van der Waals surface area contributed by atoms with Crippen molar-refractivity contribution in [3.05, 3.63) is 58.1 Å². The molecule has 5 nitrogen and oxygen atoms in total. The molecule has 2 aromatic rings. The second-order valence-electron chi connectivity index (χ2n) is 6.99. The second kappa shape index (κ2) is 6.64. The Hall–Kier alpha value is -1.41. The fourth-order valence-corrected chi connectivity index (χ4v) is 6.15. The van der Waals surface area contributed by atoms with Gasteiger partial charge in [-0.05, 0) is 49.2 Å². The minimum absolute atomic E-state index is 0.0188. The van der Waals surface area contributed by atoms with Gasteiger partial charge in [0.2, 0.25) is 10.0 Å². The molecule has 2 heterocycles. The van der Waals surface area contributed by atoms with Gasteiger partial charge in [-0.2, -0.15) is 4.31 Å². The van der Waals surface area contributed by atoms with Crippen molar-refractivity contribution in [1.82, 2.24) is 4.31 Å². The van der Waals surface area contributed by atoms with Crippen LogP contribution in [0.3, 0.4) is 0 Å². The number of aryl methyl sites for hydroxylation is 1. The van der Waals surface area contributed by atoms with E-state index in [1.54, 1.807) is 16.4 Å². The number of nitrogens with one attached hydrogen (secondary N) is 1. The Labute approximate surface area is 162 Å². The smallest absolute Gasteiger partial charge is 0.243 e. The number of sulfonamides is 1. The summed E-state index contributed by atoms with van der Waals surface area (Å²) in [6.45, 7) is 2.37. The van der Waals surface area contributed by atoms with Gasteiger partial charge in [0.05, 0.1) is 23.6 Å². The SMILES string of the molecule is Cc1ccc(S(=O)(=O)N2CC[C@@H]3[C@@H](CO)Nc4ccc(Br)cc4[C@@H]32)cc1. The fourth-order valence-electron chi connectivity index (χ4n) is 4.11. The number of hydrogen-bond donors (Lipinski definition) is 2. The topological polar surface area (TPSA) is 69.6 Å². The van der Waals surface area contributed by atoms with E-state index in [0.717, 1.165) is 27.7 Å². The third-order valence-electron chi connectivity index (χ3n) is 5.41. The summed E-state index contributed by atoms with van der Waals surface area (Å²) in [4.78, 5) is 0.319. The Morgan fingerprint density at radius 2 is 1.96 bits per heavy atom. The van der Waals surface area contributed by atoms with Crippen molar-refractivity contribution in [3.63, 3.8) is 0 Å². The summed E-state index contributed by atoms with van der Waals surface area (Å²) in [5, 5.41) is 13.2. The van der Waals surface area contributed by atoms with Crippen LogP contribution in [0.5, 0.6) is 0 Å². The van der Waals surface area contributed by atoms with Crippen molar-refractivity contribution in [2.24, 2.45) is 5.92 Å². The van der Waals surface area contributed by atoms with Gasteiger partial charge >= 0.3 is 0 Å². The molecule has 0 radical (unpaired) electrons. The third kappa shape index (κ3) is 2.87. The molecule has 0 amide bonds. The zero-order chi connectivity index (χ0) is 18.5. The number of fused-ring (bicyclic) bond motifs is 3. The van der Waals surface area contributed by atoms with Gasteiger partial charge < -0.3 is 10.4 Å². The average Bonchev–Trinajstić information content (AvgIpc) is 3.08. The summed E-state index contributed by atoms with van der Waals surface area (Å²) in [5.41, 5.74) is 2.88. The van der Waals surface area contributed by atoms with Crippen molar-refractivity contribution in [2.45, 2.75) is 30.3 Å². The monoisotopic (exact) mass is 436 g/mol. The Morgan fingerprint density at radius 1 is 1.23 bits per heavy atom. The van der Waals surface area contributed by atoms with Crippen LogP contribution in [0.2, 0.25) is 0 Å². The van der Waals surface area contributed by atoms with Crippen molar-refractivity contribution in [1.29, 1.82) is 0 Å². The van der Waals surface area contributed by atoms with Gasteiger partial charge in [0, 0.05) is 22.6 Å². The largest absolute Gasteiger partial charge is 0.394 e. The molecule has 4 rings (SSSR count). The molecule has 1 fully saturated rings. The maximum atomic E-state index is 13.3. The zero-order valence-electron chi connectivity index (χ0n) is 14.4. The second-order valence-corrected chi connectivity index (χ2v) is 9.80. The number of anilines is 1. The van der Waals surface area contributed by atoms with Gasteiger partial charge in [0.1, 0.15) is 0 Å². The van der Waals surface area contributed by atoms with E-state index in [-0.39, 0.29) is 24.6 Å². The lowest BCUT2D eigenvalue weighted by molar-refractivity contribution is 0.210. The first-order valence-electron chi connectivity index (χ1n) is 8.67. The van der Waals surface area contributed by atoms with E-state index in [9.17, 15) is 13.5 Å². The van der Waals surface area contributed by atoms with Gasteiger partial charge in [-0.3, -0.25) is 0 Å². The Bertz CT molecular complexity index is 930. The highest BCUT2D eigenvalue weighted by Gasteiger charge is 2.48. The summed E-state index contributed by atoms with van der Waals surface area (Å²) >= 11 is 3.50. The van der Waals surface area contributed by atoms with E-state index in [2.05, 4.69) is 21.2 Å². The maximum Gasteiger partial charge on any atom is 0.243 e. The lowest BCUT2D eigenvalue weighted by Crippen LogP contribution is -2.42. The molecule has 0 aliphatic carbocycles. The molecule has 0 spiro atoms. The van der Waals surface area contributed by atoms with E-state index >= 15 is 0 Å². The molecular weight excluding hydrogens is 416 g/mol. The van der Waals surface area contributed by atoms with Crippen LogP contribution in [0.1, 0.15) is 23.6 Å². The Morgan fingerprint density at radius 3 is 2.65 bits per heavy atom. The molecule has 3 atom stereocenters.